The first-order valence-corrected chi connectivity index (χ1v) is 6.63. The molecular formula is C13H22N4S. The third-order valence-corrected chi connectivity index (χ3v) is 3.21. The smallest absolute Gasteiger partial charge is 0.145 e. The van der Waals surface area contributed by atoms with Crippen molar-refractivity contribution in [2.75, 3.05) is 26.7 Å². The first kappa shape index (κ1) is 15.2. The van der Waals surface area contributed by atoms with Crippen molar-refractivity contribution < 1.29 is 0 Å². The Balaban J connectivity index is 2.66. The molecule has 0 aromatic carbocycles. The van der Waals surface area contributed by atoms with Crippen LogP contribution in [0.4, 0.5) is 0 Å². The number of nitrogens with two attached hydrogens (primary N) is 1. The Kier molecular flexibility index (Phi) is 6.39. The van der Waals surface area contributed by atoms with E-state index in [0.29, 0.717) is 12.6 Å². The van der Waals surface area contributed by atoms with Crippen LogP contribution in [0.1, 0.15) is 13.3 Å². The summed E-state index contributed by atoms with van der Waals surface area (Å²) in [6, 6.07) is 0.357. The highest BCUT2D eigenvalue weighted by atomic mass is 32.1. The molecule has 0 saturated heterocycles. The second-order valence-corrected chi connectivity index (χ2v) is 4.78. The number of hydrogen-bond acceptors (Lipinski definition) is 5. The van der Waals surface area contributed by atoms with Gasteiger partial charge in [-0.1, -0.05) is 18.2 Å². The van der Waals surface area contributed by atoms with E-state index in [1.54, 1.807) is 0 Å². The van der Waals surface area contributed by atoms with Crippen LogP contribution in [0.3, 0.4) is 0 Å². The van der Waals surface area contributed by atoms with Crippen LogP contribution < -0.4 is 11.1 Å². The Labute approximate surface area is 115 Å². The van der Waals surface area contributed by atoms with Crippen molar-refractivity contribution in [2.24, 2.45) is 10.7 Å². The van der Waals surface area contributed by atoms with Crippen LogP contribution >= 0.6 is 12.2 Å². The average molecular weight is 266 g/mol. The summed E-state index contributed by atoms with van der Waals surface area (Å²) in [5, 5.41) is 5.88. The molecule has 1 aliphatic carbocycles. The van der Waals surface area contributed by atoms with E-state index >= 15 is 0 Å². The van der Waals surface area contributed by atoms with Crippen LogP contribution in [0.25, 0.3) is 0 Å². The Morgan fingerprint density at radius 3 is 2.94 bits per heavy atom. The van der Waals surface area contributed by atoms with Gasteiger partial charge in [0.15, 0.2) is 0 Å². The zero-order valence-electron chi connectivity index (χ0n) is 11.1. The second kappa shape index (κ2) is 7.56. The summed E-state index contributed by atoms with van der Waals surface area (Å²) < 4.78 is 0. The Hall–Kier alpha value is -0.840. The summed E-state index contributed by atoms with van der Waals surface area (Å²) in [5.74, 6) is 0. The molecule has 100 valence electrons. The molecule has 0 bridgehead atoms. The summed E-state index contributed by atoms with van der Waals surface area (Å²) in [6.07, 6.45) is 9.04. The van der Waals surface area contributed by atoms with Gasteiger partial charge < -0.3 is 11.1 Å². The average Bonchev–Trinajstić information content (AvgIpc) is 2.37. The fourth-order valence-corrected chi connectivity index (χ4v) is 2.25. The van der Waals surface area contributed by atoms with Crippen LogP contribution in [0.15, 0.2) is 29.3 Å². The van der Waals surface area contributed by atoms with E-state index in [1.165, 1.54) is 0 Å². The molecule has 0 heterocycles. The lowest BCUT2D eigenvalue weighted by Crippen LogP contribution is -2.49. The lowest BCUT2D eigenvalue weighted by molar-refractivity contribution is 0.162. The molecule has 0 fully saturated rings. The molecule has 0 spiro atoms. The van der Waals surface area contributed by atoms with Crippen molar-refractivity contribution in [3.63, 3.8) is 0 Å². The maximum absolute atomic E-state index is 5.49. The zero-order chi connectivity index (χ0) is 13.4. The maximum Gasteiger partial charge on any atom is 0.145 e. The number of aliphatic imine (C=N–C) groups is 1. The fraction of sp³-hybridized carbons (Fsp3) is 0.615. The standard InChI is InChI=1S/C13H22N4S/c1-12(15-9-8-14)10-17(2)13(16-11-18)6-4-3-5-7-13/h3-6,12,15H,7-10,14H2,1-2H3. The monoisotopic (exact) mass is 266 g/mol. The van der Waals surface area contributed by atoms with Crippen molar-refractivity contribution >= 4 is 17.4 Å². The molecule has 0 aliphatic heterocycles. The normalized spacial score (nSPS) is 24.0. The molecule has 4 nitrogen and oxygen atoms in total. The topological polar surface area (TPSA) is 53.6 Å². The molecule has 0 aromatic heterocycles. The number of rotatable bonds is 7. The highest BCUT2D eigenvalue weighted by Gasteiger charge is 2.31. The highest BCUT2D eigenvalue weighted by molar-refractivity contribution is 7.78. The van der Waals surface area contributed by atoms with Gasteiger partial charge in [-0.25, -0.2) is 4.99 Å². The molecule has 2 atom stereocenters. The number of isothiocyanates is 1. The molecule has 1 aliphatic rings. The highest BCUT2D eigenvalue weighted by Crippen LogP contribution is 2.25. The Bertz CT molecular complexity index is 360. The predicted molar refractivity (Wildman–Crippen MR) is 79.8 cm³/mol. The van der Waals surface area contributed by atoms with Gasteiger partial charge in [-0.15, -0.1) is 0 Å². The van der Waals surface area contributed by atoms with Crippen molar-refractivity contribution in [1.82, 2.24) is 10.2 Å². The minimum atomic E-state index is -0.380. The molecule has 3 N–H and O–H groups in total. The number of likely N-dealkylation sites (N-methyl/N-ethyl adjacent to an activating group) is 1. The number of thiocarbonyl (C=S) groups is 1. The predicted octanol–water partition coefficient (Wildman–Crippen LogP) is 1.17. The lowest BCUT2D eigenvalue weighted by Gasteiger charge is -2.37. The SMILES string of the molecule is CC(CN(C)C1(N=C=S)C=CC=CC1)NCCN. The van der Waals surface area contributed by atoms with Crippen molar-refractivity contribution in [2.45, 2.75) is 25.0 Å². The van der Waals surface area contributed by atoms with Crippen LogP contribution in [0, 0.1) is 0 Å². The quantitative estimate of drug-likeness (QED) is 0.536. The number of nitrogens with zero attached hydrogens (tertiary/aromatic N) is 2. The van der Waals surface area contributed by atoms with Gasteiger partial charge in [0.2, 0.25) is 0 Å². The largest absolute Gasteiger partial charge is 0.329 e. The van der Waals surface area contributed by atoms with E-state index < -0.39 is 0 Å². The molecule has 0 aromatic rings. The minimum absolute atomic E-state index is 0.357. The third kappa shape index (κ3) is 4.12. The van der Waals surface area contributed by atoms with Gasteiger partial charge in [-0.05, 0) is 32.3 Å². The summed E-state index contributed by atoms with van der Waals surface area (Å²) in [6.45, 7) is 4.50. The van der Waals surface area contributed by atoms with Gasteiger partial charge in [0.25, 0.3) is 0 Å². The van der Waals surface area contributed by atoms with E-state index in [0.717, 1.165) is 19.5 Å². The molecular weight excluding hydrogens is 244 g/mol. The van der Waals surface area contributed by atoms with Gasteiger partial charge in [0.1, 0.15) is 5.66 Å². The molecule has 0 amide bonds. The van der Waals surface area contributed by atoms with Gasteiger partial charge in [0, 0.05) is 32.1 Å². The van der Waals surface area contributed by atoms with E-state index in [9.17, 15) is 0 Å². The van der Waals surface area contributed by atoms with Gasteiger partial charge >= 0.3 is 0 Å². The summed E-state index contributed by atoms with van der Waals surface area (Å²) >= 11 is 4.77. The second-order valence-electron chi connectivity index (χ2n) is 4.60. The minimum Gasteiger partial charge on any atom is -0.329 e. The maximum atomic E-state index is 5.49. The van der Waals surface area contributed by atoms with Crippen molar-refractivity contribution in [1.29, 1.82) is 0 Å². The molecule has 2 unspecified atom stereocenters. The van der Waals surface area contributed by atoms with Crippen LogP contribution in [-0.4, -0.2) is 48.4 Å². The van der Waals surface area contributed by atoms with E-state index in [2.05, 4.69) is 46.5 Å². The summed E-state index contributed by atoms with van der Waals surface area (Å²) in [5.41, 5.74) is 5.11. The molecule has 0 radical (unpaired) electrons. The van der Waals surface area contributed by atoms with Crippen LogP contribution in [-0.2, 0) is 0 Å². The van der Waals surface area contributed by atoms with Crippen LogP contribution in [0.5, 0.6) is 0 Å². The molecule has 1 rings (SSSR count). The first-order chi connectivity index (χ1) is 8.64. The van der Waals surface area contributed by atoms with Gasteiger partial charge in [0.05, 0.1) is 5.16 Å². The number of nitrogens with one attached hydrogen (secondary N) is 1. The first-order valence-electron chi connectivity index (χ1n) is 6.22. The van der Waals surface area contributed by atoms with E-state index in [4.69, 9.17) is 18.0 Å². The number of allylic oxidation sites excluding steroid dienone is 2. The van der Waals surface area contributed by atoms with E-state index in [-0.39, 0.29) is 5.66 Å². The molecule has 18 heavy (non-hydrogen) atoms. The lowest BCUT2D eigenvalue weighted by atomic mass is 9.99. The van der Waals surface area contributed by atoms with Crippen LogP contribution in [0.2, 0.25) is 0 Å². The van der Waals surface area contributed by atoms with Gasteiger partial charge in [-0.2, -0.15) is 0 Å². The van der Waals surface area contributed by atoms with E-state index in [1.807, 2.05) is 12.2 Å². The Morgan fingerprint density at radius 1 is 1.61 bits per heavy atom. The van der Waals surface area contributed by atoms with Gasteiger partial charge in [-0.3, -0.25) is 4.90 Å². The van der Waals surface area contributed by atoms with Crippen molar-refractivity contribution in [3.8, 4) is 0 Å². The fourth-order valence-electron chi connectivity index (χ4n) is 2.09. The summed E-state index contributed by atoms with van der Waals surface area (Å²) in [4.78, 5) is 6.54. The zero-order valence-corrected chi connectivity index (χ0v) is 11.9. The van der Waals surface area contributed by atoms with Crippen molar-refractivity contribution in [3.05, 3.63) is 24.3 Å². The molecule has 0 saturated carbocycles. The Morgan fingerprint density at radius 2 is 2.39 bits per heavy atom. The summed E-state index contributed by atoms with van der Waals surface area (Å²) in [7, 11) is 2.06. The molecule has 5 heteroatoms. The third-order valence-electron chi connectivity index (χ3n) is 3.11. The number of hydrogen-bond donors (Lipinski definition) is 2.